The van der Waals surface area contributed by atoms with Crippen molar-refractivity contribution in [3.05, 3.63) is 53.4 Å². The summed E-state index contributed by atoms with van der Waals surface area (Å²) in [4.78, 5) is 12.4. The molecule has 2 aliphatic rings. The van der Waals surface area contributed by atoms with E-state index in [2.05, 4.69) is 34.7 Å². The number of carbonyl (C=O) groups excluding carboxylic acids is 1. The minimum atomic E-state index is -0.108. The predicted octanol–water partition coefficient (Wildman–Crippen LogP) is 3.62. The molecule has 22 heavy (non-hydrogen) atoms. The summed E-state index contributed by atoms with van der Waals surface area (Å²) in [5.41, 5.74) is 1.73. The Morgan fingerprint density at radius 3 is 2.73 bits per heavy atom. The highest BCUT2D eigenvalue weighted by Gasteiger charge is 2.32. The van der Waals surface area contributed by atoms with Crippen LogP contribution in [0.2, 0.25) is 0 Å². The maximum absolute atomic E-state index is 12.4. The lowest BCUT2D eigenvalue weighted by atomic mass is 9.94. The molecule has 1 N–H and O–H groups in total. The second kappa shape index (κ2) is 5.59. The van der Waals surface area contributed by atoms with Crippen LogP contribution in [0.25, 0.3) is 0 Å². The molecule has 1 aromatic heterocycles. The Morgan fingerprint density at radius 1 is 1.14 bits per heavy atom. The average Bonchev–Trinajstić information content (AvgIpc) is 3.10. The third-order valence-electron chi connectivity index (χ3n) is 4.80. The molecule has 114 valence electrons. The van der Waals surface area contributed by atoms with Crippen molar-refractivity contribution >= 4 is 5.91 Å². The largest absolute Gasteiger partial charge is 0.360 e. The molecule has 2 aliphatic carbocycles. The van der Waals surface area contributed by atoms with Gasteiger partial charge in [0.2, 0.25) is 0 Å². The van der Waals surface area contributed by atoms with E-state index in [1.807, 2.05) is 6.07 Å². The Balaban J connectivity index is 1.45. The lowest BCUT2D eigenvalue weighted by Crippen LogP contribution is -2.36. The first-order valence-corrected chi connectivity index (χ1v) is 8.13. The fourth-order valence-electron chi connectivity index (χ4n) is 3.43. The van der Waals surface area contributed by atoms with E-state index in [-0.39, 0.29) is 11.9 Å². The van der Waals surface area contributed by atoms with Crippen LogP contribution in [-0.4, -0.2) is 17.1 Å². The predicted molar refractivity (Wildman–Crippen MR) is 82.8 cm³/mol. The van der Waals surface area contributed by atoms with Crippen LogP contribution in [0, 0.1) is 0 Å². The van der Waals surface area contributed by atoms with Crippen molar-refractivity contribution in [1.82, 2.24) is 10.5 Å². The van der Waals surface area contributed by atoms with Gasteiger partial charge in [0.05, 0.1) is 0 Å². The Bertz CT molecular complexity index is 661. The van der Waals surface area contributed by atoms with Crippen molar-refractivity contribution in [2.75, 3.05) is 0 Å². The minimum absolute atomic E-state index is 0.108. The quantitative estimate of drug-likeness (QED) is 0.937. The summed E-state index contributed by atoms with van der Waals surface area (Å²) in [6.07, 6.45) is 5.60. The molecule has 1 heterocycles. The summed E-state index contributed by atoms with van der Waals surface area (Å²) in [6.45, 7) is 0. The van der Waals surface area contributed by atoms with E-state index >= 15 is 0 Å². The van der Waals surface area contributed by atoms with Crippen molar-refractivity contribution < 1.29 is 9.32 Å². The van der Waals surface area contributed by atoms with Crippen LogP contribution in [0.4, 0.5) is 0 Å². The first-order valence-electron chi connectivity index (χ1n) is 8.13. The molecule has 0 bridgehead atoms. The zero-order chi connectivity index (χ0) is 14.9. The molecule has 2 fully saturated rings. The van der Waals surface area contributed by atoms with E-state index in [1.165, 1.54) is 5.56 Å². The van der Waals surface area contributed by atoms with Gasteiger partial charge in [-0.25, -0.2) is 0 Å². The molecule has 0 spiro atoms. The maximum atomic E-state index is 12.4. The van der Waals surface area contributed by atoms with Gasteiger partial charge in [0.25, 0.3) is 5.91 Å². The van der Waals surface area contributed by atoms with Crippen LogP contribution in [0.15, 0.2) is 40.9 Å². The molecule has 4 nitrogen and oxygen atoms in total. The van der Waals surface area contributed by atoms with Gasteiger partial charge in [-0.15, -0.1) is 0 Å². The van der Waals surface area contributed by atoms with Crippen molar-refractivity contribution in [3.63, 3.8) is 0 Å². The summed E-state index contributed by atoms with van der Waals surface area (Å²) >= 11 is 0. The van der Waals surface area contributed by atoms with Gasteiger partial charge in [0, 0.05) is 23.9 Å². The highest BCUT2D eigenvalue weighted by atomic mass is 16.5. The highest BCUT2D eigenvalue weighted by molar-refractivity contribution is 5.92. The number of hydrogen-bond acceptors (Lipinski definition) is 3. The van der Waals surface area contributed by atoms with E-state index in [1.54, 1.807) is 6.07 Å². The zero-order valence-electron chi connectivity index (χ0n) is 12.5. The van der Waals surface area contributed by atoms with Gasteiger partial charge >= 0.3 is 0 Å². The molecule has 1 aromatic carbocycles. The van der Waals surface area contributed by atoms with E-state index in [0.717, 1.165) is 37.9 Å². The van der Waals surface area contributed by atoms with E-state index in [4.69, 9.17) is 4.52 Å². The zero-order valence-corrected chi connectivity index (χ0v) is 12.5. The number of benzene rings is 1. The third kappa shape index (κ3) is 2.65. The molecule has 0 radical (unpaired) electrons. The van der Waals surface area contributed by atoms with Crippen LogP contribution in [0.1, 0.15) is 65.8 Å². The van der Waals surface area contributed by atoms with E-state index < -0.39 is 0 Å². The molecular formula is C18H20N2O2. The minimum Gasteiger partial charge on any atom is -0.360 e. The SMILES string of the molecule is O=C(N[C@@H]1CCC[C@H]1c1ccccc1)c1cc(C2CC2)on1. The number of carbonyl (C=O) groups is 1. The molecule has 1 amide bonds. The van der Waals surface area contributed by atoms with Crippen LogP contribution < -0.4 is 5.32 Å². The number of amides is 1. The molecule has 2 saturated carbocycles. The molecule has 0 unspecified atom stereocenters. The summed E-state index contributed by atoms with van der Waals surface area (Å²) in [7, 11) is 0. The monoisotopic (exact) mass is 296 g/mol. The molecule has 0 aliphatic heterocycles. The molecule has 2 aromatic rings. The summed E-state index contributed by atoms with van der Waals surface area (Å²) < 4.78 is 5.27. The standard InChI is InChI=1S/C18H20N2O2/c21-18(16-11-17(22-20-16)13-9-10-13)19-15-8-4-7-14(15)12-5-2-1-3-6-12/h1-3,5-6,11,13-15H,4,7-10H2,(H,19,21)/t14-,15+/m0/s1. The Hall–Kier alpha value is -2.10. The van der Waals surface area contributed by atoms with Crippen molar-refractivity contribution in [3.8, 4) is 0 Å². The van der Waals surface area contributed by atoms with Gasteiger partial charge in [0.15, 0.2) is 5.69 Å². The summed E-state index contributed by atoms with van der Waals surface area (Å²) in [5, 5.41) is 7.09. The van der Waals surface area contributed by atoms with Gasteiger partial charge in [-0.1, -0.05) is 41.9 Å². The number of rotatable bonds is 4. The number of aromatic nitrogens is 1. The third-order valence-corrected chi connectivity index (χ3v) is 4.80. The Morgan fingerprint density at radius 2 is 1.95 bits per heavy atom. The topological polar surface area (TPSA) is 55.1 Å². The maximum Gasteiger partial charge on any atom is 0.273 e. The lowest BCUT2D eigenvalue weighted by molar-refractivity contribution is 0.0925. The molecule has 0 saturated heterocycles. The van der Waals surface area contributed by atoms with Crippen LogP contribution in [-0.2, 0) is 0 Å². The van der Waals surface area contributed by atoms with Crippen LogP contribution >= 0.6 is 0 Å². The first kappa shape index (κ1) is 13.6. The molecule has 4 rings (SSSR count). The first-order chi connectivity index (χ1) is 10.8. The van der Waals surface area contributed by atoms with Crippen molar-refractivity contribution in [2.24, 2.45) is 0 Å². The average molecular weight is 296 g/mol. The summed E-state index contributed by atoms with van der Waals surface area (Å²) in [6, 6.07) is 12.4. The highest BCUT2D eigenvalue weighted by Crippen LogP contribution is 2.40. The smallest absolute Gasteiger partial charge is 0.273 e. The van der Waals surface area contributed by atoms with Crippen molar-refractivity contribution in [1.29, 1.82) is 0 Å². The van der Waals surface area contributed by atoms with E-state index in [9.17, 15) is 4.79 Å². The second-order valence-corrected chi connectivity index (χ2v) is 6.42. The van der Waals surface area contributed by atoms with Crippen LogP contribution in [0.3, 0.4) is 0 Å². The molecule has 4 heteroatoms. The van der Waals surface area contributed by atoms with Crippen LogP contribution in [0.5, 0.6) is 0 Å². The Kier molecular flexibility index (Phi) is 3.45. The number of hydrogen-bond donors (Lipinski definition) is 1. The van der Waals surface area contributed by atoms with Gasteiger partial charge < -0.3 is 9.84 Å². The Labute approximate surface area is 129 Å². The van der Waals surface area contributed by atoms with Gasteiger partial charge in [-0.2, -0.15) is 0 Å². The van der Waals surface area contributed by atoms with Gasteiger partial charge in [-0.3, -0.25) is 4.79 Å². The fourth-order valence-corrected chi connectivity index (χ4v) is 3.43. The van der Waals surface area contributed by atoms with Gasteiger partial charge in [0.1, 0.15) is 5.76 Å². The summed E-state index contributed by atoms with van der Waals surface area (Å²) in [5.74, 6) is 1.64. The molecular weight excluding hydrogens is 276 g/mol. The lowest BCUT2D eigenvalue weighted by Gasteiger charge is -2.20. The second-order valence-electron chi connectivity index (χ2n) is 6.42. The number of nitrogens with one attached hydrogen (secondary N) is 1. The number of nitrogens with zero attached hydrogens (tertiary/aromatic N) is 1. The van der Waals surface area contributed by atoms with E-state index in [0.29, 0.717) is 17.5 Å². The molecule has 2 atom stereocenters. The normalized spacial score (nSPS) is 24.4. The van der Waals surface area contributed by atoms with Crippen molar-refractivity contribution in [2.45, 2.75) is 50.0 Å². The fraction of sp³-hybridized carbons (Fsp3) is 0.444. The van der Waals surface area contributed by atoms with Gasteiger partial charge in [-0.05, 0) is 31.2 Å².